The number of hydrogen-bond acceptors (Lipinski definition) is 6. The number of fused-ring (bicyclic) bond motifs is 1. The molecule has 1 aromatic carbocycles. The molecule has 162 valence electrons. The number of hydrogen-bond donors (Lipinski definition) is 3. The zero-order valence-electron chi connectivity index (χ0n) is 17.5. The number of nitrogens with zero attached hydrogens (tertiary/aromatic N) is 2. The zero-order chi connectivity index (χ0) is 22.0. The second-order valence-electron chi connectivity index (χ2n) is 7.77. The third-order valence-corrected chi connectivity index (χ3v) is 7.46. The van der Waals surface area contributed by atoms with Crippen molar-refractivity contribution >= 4 is 39.9 Å². The van der Waals surface area contributed by atoms with Gasteiger partial charge in [-0.25, -0.2) is 4.98 Å². The van der Waals surface area contributed by atoms with Crippen LogP contribution in [0.3, 0.4) is 0 Å². The standard InChI is InChI=1S/C22H25N5O2S2/c1-3-13-5-7-14(8-6-13)20-25-22(27-26-20)30-11-17(28)24-21-18(19(23)29)15-9-4-12(2)10-16(15)31-21/h5-8,12H,3-4,9-11H2,1-2H3,(H2,23,29)(H,24,28)(H,25,26,27). The molecule has 0 aliphatic heterocycles. The summed E-state index contributed by atoms with van der Waals surface area (Å²) in [5.74, 6) is 0.690. The molecule has 1 aliphatic rings. The highest BCUT2D eigenvalue weighted by Crippen LogP contribution is 2.39. The molecule has 0 fully saturated rings. The van der Waals surface area contributed by atoms with Crippen molar-refractivity contribution < 1.29 is 9.59 Å². The number of carbonyl (C=O) groups is 2. The van der Waals surface area contributed by atoms with Crippen molar-refractivity contribution in [2.45, 2.75) is 44.7 Å². The first-order valence-corrected chi connectivity index (χ1v) is 12.1. The van der Waals surface area contributed by atoms with Crippen LogP contribution in [-0.2, 0) is 24.1 Å². The van der Waals surface area contributed by atoms with Crippen molar-refractivity contribution in [3.05, 3.63) is 45.8 Å². The molecule has 0 spiro atoms. The number of rotatable bonds is 7. The normalized spacial score (nSPS) is 15.5. The van der Waals surface area contributed by atoms with E-state index in [9.17, 15) is 9.59 Å². The minimum absolute atomic E-state index is 0.142. The van der Waals surface area contributed by atoms with Crippen molar-refractivity contribution in [2.75, 3.05) is 11.1 Å². The highest BCUT2D eigenvalue weighted by atomic mass is 32.2. The van der Waals surface area contributed by atoms with Gasteiger partial charge in [0.25, 0.3) is 5.91 Å². The number of thioether (sulfide) groups is 1. The summed E-state index contributed by atoms with van der Waals surface area (Å²) >= 11 is 2.71. The van der Waals surface area contributed by atoms with Gasteiger partial charge in [-0.1, -0.05) is 49.9 Å². The Labute approximate surface area is 189 Å². The van der Waals surface area contributed by atoms with Gasteiger partial charge < -0.3 is 11.1 Å². The van der Waals surface area contributed by atoms with Gasteiger partial charge in [0.1, 0.15) is 5.00 Å². The van der Waals surface area contributed by atoms with E-state index in [2.05, 4.69) is 46.5 Å². The molecular formula is C22H25N5O2S2. The summed E-state index contributed by atoms with van der Waals surface area (Å²) in [5.41, 5.74) is 9.31. The summed E-state index contributed by atoms with van der Waals surface area (Å²) in [6.07, 6.45) is 3.76. The highest BCUT2D eigenvalue weighted by molar-refractivity contribution is 7.99. The Kier molecular flexibility index (Phi) is 6.43. The number of nitrogens with one attached hydrogen (secondary N) is 2. The van der Waals surface area contributed by atoms with Crippen LogP contribution in [0.25, 0.3) is 11.4 Å². The SMILES string of the molecule is CCc1ccc(-c2nc(SCC(=O)Nc3sc4c(c3C(N)=O)CCC(C)C4)n[nH]2)cc1. The van der Waals surface area contributed by atoms with E-state index < -0.39 is 5.91 Å². The van der Waals surface area contributed by atoms with E-state index in [4.69, 9.17) is 5.73 Å². The van der Waals surface area contributed by atoms with E-state index in [0.29, 0.717) is 27.5 Å². The minimum atomic E-state index is -0.484. The maximum Gasteiger partial charge on any atom is 0.251 e. The molecule has 4 N–H and O–H groups in total. The number of H-pyrrole nitrogens is 1. The van der Waals surface area contributed by atoms with Crippen LogP contribution in [0.2, 0.25) is 0 Å². The van der Waals surface area contributed by atoms with Crippen molar-refractivity contribution in [3.63, 3.8) is 0 Å². The molecule has 31 heavy (non-hydrogen) atoms. The Morgan fingerprint density at radius 1 is 1.32 bits per heavy atom. The number of carbonyl (C=O) groups excluding carboxylic acids is 2. The average Bonchev–Trinajstić information content (AvgIpc) is 3.36. The van der Waals surface area contributed by atoms with E-state index in [1.54, 1.807) is 0 Å². The lowest BCUT2D eigenvalue weighted by Gasteiger charge is -2.18. The maximum absolute atomic E-state index is 12.5. The lowest BCUT2D eigenvalue weighted by Crippen LogP contribution is -2.20. The summed E-state index contributed by atoms with van der Waals surface area (Å²) in [4.78, 5) is 30.2. The molecule has 0 bridgehead atoms. The quantitative estimate of drug-likeness (QED) is 0.465. The van der Waals surface area contributed by atoms with E-state index in [1.165, 1.54) is 28.7 Å². The smallest absolute Gasteiger partial charge is 0.251 e. The minimum Gasteiger partial charge on any atom is -0.365 e. The van der Waals surface area contributed by atoms with E-state index in [-0.39, 0.29) is 11.7 Å². The van der Waals surface area contributed by atoms with Crippen LogP contribution < -0.4 is 11.1 Å². The van der Waals surface area contributed by atoms with E-state index in [0.717, 1.165) is 41.7 Å². The van der Waals surface area contributed by atoms with Crippen LogP contribution in [0, 0.1) is 5.92 Å². The fourth-order valence-electron chi connectivity index (χ4n) is 3.73. The fraction of sp³-hybridized carbons (Fsp3) is 0.364. The van der Waals surface area contributed by atoms with Crippen LogP contribution in [0.4, 0.5) is 5.00 Å². The fourth-order valence-corrected chi connectivity index (χ4v) is 5.76. The molecule has 1 aliphatic carbocycles. The lowest BCUT2D eigenvalue weighted by atomic mass is 9.88. The van der Waals surface area contributed by atoms with Gasteiger partial charge in [-0.3, -0.25) is 14.7 Å². The maximum atomic E-state index is 12.5. The van der Waals surface area contributed by atoms with E-state index >= 15 is 0 Å². The van der Waals surface area contributed by atoms with Crippen molar-refractivity contribution in [1.29, 1.82) is 0 Å². The van der Waals surface area contributed by atoms with Crippen LogP contribution in [0.5, 0.6) is 0 Å². The third-order valence-electron chi connectivity index (χ3n) is 5.44. The van der Waals surface area contributed by atoms with Crippen LogP contribution in [0.15, 0.2) is 29.4 Å². The molecule has 0 saturated heterocycles. The average molecular weight is 456 g/mol. The van der Waals surface area contributed by atoms with Crippen LogP contribution >= 0.6 is 23.1 Å². The first-order valence-electron chi connectivity index (χ1n) is 10.3. The first kappa shape index (κ1) is 21.6. The molecule has 2 amide bonds. The van der Waals surface area contributed by atoms with Gasteiger partial charge in [-0.2, -0.15) is 0 Å². The number of thiophene rings is 1. The highest BCUT2D eigenvalue weighted by Gasteiger charge is 2.27. The second-order valence-corrected chi connectivity index (χ2v) is 9.82. The first-order chi connectivity index (χ1) is 14.9. The molecule has 4 rings (SSSR count). The topological polar surface area (TPSA) is 114 Å². The zero-order valence-corrected chi connectivity index (χ0v) is 19.2. The van der Waals surface area contributed by atoms with Crippen molar-refractivity contribution in [3.8, 4) is 11.4 Å². The molecule has 7 nitrogen and oxygen atoms in total. The van der Waals surface area contributed by atoms with Crippen LogP contribution in [-0.4, -0.2) is 32.7 Å². The van der Waals surface area contributed by atoms with Crippen LogP contribution in [0.1, 0.15) is 46.6 Å². The Morgan fingerprint density at radius 2 is 2.10 bits per heavy atom. The van der Waals surface area contributed by atoms with Gasteiger partial charge in [0.2, 0.25) is 11.1 Å². The number of amides is 2. The van der Waals surface area contributed by atoms with Gasteiger partial charge in [0.15, 0.2) is 5.82 Å². The Morgan fingerprint density at radius 3 is 2.81 bits per heavy atom. The van der Waals surface area contributed by atoms with Gasteiger partial charge in [-0.15, -0.1) is 16.4 Å². The molecule has 1 atom stereocenters. The lowest BCUT2D eigenvalue weighted by molar-refractivity contribution is -0.113. The molecule has 2 heterocycles. The van der Waals surface area contributed by atoms with Crippen molar-refractivity contribution in [2.24, 2.45) is 11.7 Å². The Balaban J connectivity index is 1.40. The largest absolute Gasteiger partial charge is 0.365 e. The Bertz CT molecular complexity index is 1100. The molecule has 1 unspecified atom stereocenters. The summed E-state index contributed by atoms with van der Waals surface area (Å²) in [7, 11) is 0. The van der Waals surface area contributed by atoms with E-state index in [1.807, 2.05) is 12.1 Å². The molecule has 3 aromatic rings. The number of benzene rings is 1. The monoisotopic (exact) mass is 455 g/mol. The number of nitrogens with two attached hydrogens (primary N) is 1. The van der Waals surface area contributed by atoms with Crippen molar-refractivity contribution in [1.82, 2.24) is 15.2 Å². The number of aromatic amines is 1. The second kappa shape index (κ2) is 9.23. The molecule has 0 radical (unpaired) electrons. The summed E-state index contributed by atoms with van der Waals surface area (Å²) in [6.45, 7) is 4.31. The van der Waals surface area contributed by atoms with Gasteiger partial charge >= 0.3 is 0 Å². The summed E-state index contributed by atoms with van der Waals surface area (Å²) in [6, 6.07) is 8.14. The number of anilines is 1. The summed E-state index contributed by atoms with van der Waals surface area (Å²) in [5, 5.41) is 11.1. The van der Waals surface area contributed by atoms with Gasteiger partial charge in [0.05, 0.1) is 11.3 Å². The molecule has 0 saturated carbocycles. The van der Waals surface area contributed by atoms with Gasteiger partial charge in [-0.05, 0) is 42.7 Å². The number of primary amides is 1. The predicted molar refractivity (Wildman–Crippen MR) is 125 cm³/mol. The Hall–Kier alpha value is -2.65. The molecule has 2 aromatic heterocycles. The molecule has 9 heteroatoms. The van der Waals surface area contributed by atoms with Gasteiger partial charge in [0, 0.05) is 10.4 Å². The third kappa shape index (κ3) is 4.83. The predicted octanol–water partition coefficient (Wildman–Crippen LogP) is 4.05. The molecular weight excluding hydrogens is 430 g/mol. The number of aryl methyl sites for hydroxylation is 1. The summed E-state index contributed by atoms with van der Waals surface area (Å²) < 4.78 is 0. The number of aromatic nitrogens is 3.